The first-order chi connectivity index (χ1) is 18.0. The number of benzene rings is 2. The number of aromatic nitrogens is 4. The van der Waals surface area contributed by atoms with Gasteiger partial charge in [0.15, 0.2) is 11.6 Å². The van der Waals surface area contributed by atoms with E-state index in [0.717, 1.165) is 0 Å². The average molecular weight is 559 g/mol. The van der Waals surface area contributed by atoms with Crippen LogP contribution in [0.1, 0.15) is 22.3 Å². The molecule has 0 atom stereocenters. The molecule has 2 aromatic carbocycles. The van der Waals surface area contributed by atoms with Gasteiger partial charge in [-0.05, 0) is 29.5 Å². The van der Waals surface area contributed by atoms with E-state index in [4.69, 9.17) is 11.6 Å². The van der Waals surface area contributed by atoms with Gasteiger partial charge in [0.05, 0.1) is 23.4 Å². The number of carbonyl (C=O) groups is 1. The molecular formula is C23H24ClF5N8O. The van der Waals surface area contributed by atoms with Gasteiger partial charge in [0, 0.05) is 56.9 Å². The Kier molecular flexibility index (Phi) is 8.31. The number of hydrogen-bond acceptors (Lipinski definition) is 7. The van der Waals surface area contributed by atoms with E-state index in [1.54, 1.807) is 18.0 Å². The van der Waals surface area contributed by atoms with Gasteiger partial charge < -0.3 is 15.1 Å². The van der Waals surface area contributed by atoms with Crippen LogP contribution in [-0.4, -0.2) is 77.4 Å². The summed E-state index contributed by atoms with van der Waals surface area (Å²) in [6, 6.07) is 7.16. The number of carbonyl (C=O) groups excluding carboxylic acids is 1. The monoisotopic (exact) mass is 558 g/mol. The van der Waals surface area contributed by atoms with E-state index in [1.807, 2.05) is 4.90 Å². The van der Waals surface area contributed by atoms with Crippen LogP contribution < -0.4 is 15.1 Å². The SMILES string of the molecule is CN(Cc1ccc(C(=O)Nc2ccc(Cl)cc2N2CCN(CCC(F)(F)F)CC2)c(F)c1F)c1nn[nH]n1. The minimum atomic E-state index is -4.22. The number of piperazine rings is 1. The maximum absolute atomic E-state index is 14.9. The molecule has 15 heteroatoms. The van der Waals surface area contributed by atoms with Crippen LogP contribution in [0.3, 0.4) is 0 Å². The Morgan fingerprint density at radius 2 is 1.87 bits per heavy atom. The second kappa shape index (κ2) is 11.5. The molecule has 0 saturated carbocycles. The molecule has 3 aromatic rings. The summed E-state index contributed by atoms with van der Waals surface area (Å²) < 4.78 is 67.4. The fourth-order valence-corrected chi connectivity index (χ4v) is 4.26. The molecule has 9 nitrogen and oxygen atoms in total. The highest BCUT2D eigenvalue weighted by atomic mass is 35.5. The number of nitrogens with zero attached hydrogens (tertiary/aromatic N) is 6. The lowest BCUT2D eigenvalue weighted by Gasteiger charge is -2.37. The molecule has 1 amide bonds. The van der Waals surface area contributed by atoms with Gasteiger partial charge in [0.1, 0.15) is 0 Å². The van der Waals surface area contributed by atoms with Gasteiger partial charge in [-0.25, -0.2) is 8.78 Å². The third-order valence-corrected chi connectivity index (χ3v) is 6.36. The normalized spacial score (nSPS) is 14.6. The molecule has 2 N–H and O–H groups in total. The zero-order valence-electron chi connectivity index (χ0n) is 20.2. The first-order valence-electron chi connectivity index (χ1n) is 11.6. The number of rotatable bonds is 8. The summed E-state index contributed by atoms with van der Waals surface area (Å²) in [5.74, 6) is -3.18. The lowest BCUT2D eigenvalue weighted by molar-refractivity contribution is -0.138. The van der Waals surface area contributed by atoms with Crippen molar-refractivity contribution < 1.29 is 26.7 Å². The summed E-state index contributed by atoms with van der Waals surface area (Å²) in [6.07, 6.45) is -5.11. The van der Waals surface area contributed by atoms with E-state index in [-0.39, 0.29) is 24.6 Å². The second-order valence-electron chi connectivity index (χ2n) is 8.78. The molecule has 4 rings (SSSR count). The molecular weight excluding hydrogens is 535 g/mol. The number of halogens is 6. The van der Waals surface area contributed by atoms with Gasteiger partial charge >= 0.3 is 6.18 Å². The van der Waals surface area contributed by atoms with Crippen LogP contribution >= 0.6 is 11.6 Å². The van der Waals surface area contributed by atoms with Crippen LogP contribution in [0.5, 0.6) is 0 Å². The summed E-state index contributed by atoms with van der Waals surface area (Å²) in [5, 5.41) is 16.2. The van der Waals surface area contributed by atoms with Crippen molar-refractivity contribution in [1.29, 1.82) is 0 Å². The number of H-pyrrole nitrogens is 1. The fourth-order valence-electron chi connectivity index (χ4n) is 4.09. The zero-order chi connectivity index (χ0) is 27.4. The fraction of sp³-hybridized carbons (Fsp3) is 0.391. The van der Waals surface area contributed by atoms with E-state index in [1.165, 1.54) is 29.2 Å². The van der Waals surface area contributed by atoms with Gasteiger partial charge in [-0.15, -0.1) is 5.10 Å². The number of nitrogens with one attached hydrogen (secondary N) is 2. The molecule has 1 saturated heterocycles. The maximum Gasteiger partial charge on any atom is 0.390 e. The summed E-state index contributed by atoms with van der Waals surface area (Å²) >= 11 is 6.16. The van der Waals surface area contributed by atoms with Crippen LogP contribution in [0.15, 0.2) is 30.3 Å². The van der Waals surface area contributed by atoms with Crippen molar-refractivity contribution in [2.75, 3.05) is 54.9 Å². The Hall–Kier alpha value is -3.52. The molecule has 1 aliphatic heterocycles. The number of anilines is 3. The first kappa shape index (κ1) is 27.5. The molecule has 1 aliphatic rings. The molecule has 1 fully saturated rings. The topological polar surface area (TPSA) is 93.3 Å². The van der Waals surface area contributed by atoms with Crippen molar-refractivity contribution in [2.45, 2.75) is 19.1 Å². The quantitative estimate of drug-likeness (QED) is 0.402. The van der Waals surface area contributed by atoms with Crippen LogP contribution in [-0.2, 0) is 6.54 Å². The van der Waals surface area contributed by atoms with Gasteiger partial charge in [-0.2, -0.15) is 18.4 Å². The number of tetrazole rings is 1. The lowest BCUT2D eigenvalue weighted by atomic mass is 10.1. The Balaban J connectivity index is 1.46. The molecule has 1 aromatic heterocycles. The summed E-state index contributed by atoms with van der Waals surface area (Å²) in [4.78, 5) is 18.0. The van der Waals surface area contributed by atoms with Gasteiger partial charge in [0.2, 0.25) is 0 Å². The summed E-state index contributed by atoms with van der Waals surface area (Å²) in [7, 11) is 1.57. The number of hydrogen-bond donors (Lipinski definition) is 2. The zero-order valence-corrected chi connectivity index (χ0v) is 21.0. The van der Waals surface area contributed by atoms with Crippen molar-refractivity contribution in [2.24, 2.45) is 0 Å². The summed E-state index contributed by atoms with van der Waals surface area (Å²) in [6.45, 7) is 1.40. The maximum atomic E-state index is 14.9. The highest BCUT2D eigenvalue weighted by molar-refractivity contribution is 6.31. The smallest absolute Gasteiger partial charge is 0.367 e. The molecule has 0 unspecified atom stereocenters. The third kappa shape index (κ3) is 6.67. The van der Waals surface area contributed by atoms with E-state index < -0.39 is 35.7 Å². The van der Waals surface area contributed by atoms with Crippen molar-refractivity contribution >= 4 is 34.8 Å². The molecule has 38 heavy (non-hydrogen) atoms. The molecule has 0 aliphatic carbocycles. The van der Waals surface area contributed by atoms with Crippen LogP contribution in [0.25, 0.3) is 0 Å². The number of alkyl halides is 3. The van der Waals surface area contributed by atoms with Crippen molar-refractivity contribution in [3.8, 4) is 0 Å². The van der Waals surface area contributed by atoms with Crippen LogP contribution in [0.2, 0.25) is 5.02 Å². The van der Waals surface area contributed by atoms with Gasteiger partial charge in [0.25, 0.3) is 11.9 Å². The third-order valence-electron chi connectivity index (χ3n) is 6.12. The first-order valence-corrected chi connectivity index (χ1v) is 12.0. The van der Waals surface area contributed by atoms with Crippen molar-refractivity contribution in [1.82, 2.24) is 25.5 Å². The largest absolute Gasteiger partial charge is 0.390 e. The van der Waals surface area contributed by atoms with Crippen LogP contribution in [0, 0.1) is 11.6 Å². The van der Waals surface area contributed by atoms with Crippen molar-refractivity contribution in [3.05, 3.63) is 58.1 Å². The molecule has 204 valence electrons. The molecule has 0 spiro atoms. The Morgan fingerprint density at radius 1 is 1.13 bits per heavy atom. The lowest BCUT2D eigenvalue weighted by Crippen LogP contribution is -2.47. The van der Waals surface area contributed by atoms with Gasteiger partial charge in [-0.1, -0.05) is 22.8 Å². The van der Waals surface area contributed by atoms with E-state index in [0.29, 0.717) is 42.6 Å². The Labute approximate surface area is 219 Å². The van der Waals surface area contributed by atoms with E-state index in [2.05, 4.69) is 25.9 Å². The van der Waals surface area contributed by atoms with Gasteiger partial charge in [-0.3, -0.25) is 9.69 Å². The van der Waals surface area contributed by atoms with E-state index in [9.17, 15) is 26.7 Å². The predicted octanol–water partition coefficient (Wildman–Crippen LogP) is 4.09. The van der Waals surface area contributed by atoms with E-state index >= 15 is 0 Å². The summed E-state index contributed by atoms with van der Waals surface area (Å²) in [5.41, 5.74) is 0.331. The minimum absolute atomic E-state index is 0.0121. The minimum Gasteiger partial charge on any atom is -0.367 e. The highest BCUT2D eigenvalue weighted by Gasteiger charge is 2.29. The number of aromatic amines is 1. The highest BCUT2D eigenvalue weighted by Crippen LogP contribution is 2.31. The molecule has 2 heterocycles. The van der Waals surface area contributed by atoms with Crippen molar-refractivity contribution in [3.63, 3.8) is 0 Å². The predicted molar refractivity (Wildman–Crippen MR) is 131 cm³/mol. The Morgan fingerprint density at radius 3 is 2.53 bits per heavy atom. The molecule has 0 radical (unpaired) electrons. The second-order valence-corrected chi connectivity index (χ2v) is 9.21. The van der Waals surface area contributed by atoms with Crippen LogP contribution in [0.4, 0.5) is 39.3 Å². The Bertz CT molecular complexity index is 1270. The average Bonchev–Trinajstić information content (AvgIpc) is 3.42. The molecule has 0 bridgehead atoms. The number of amides is 1. The standard InChI is InChI=1S/C23H24ClF5N8O/c1-35(22-31-33-34-32-22)13-14-2-4-16(20(26)19(14)25)21(38)30-17-5-3-15(24)12-18(17)37-10-8-36(9-11-37)7-6-23(27,28)29/h2-5,12H,6-11,13H2,1H3,(H,30,38)(H,31,32,33,34).